The van der Waals surface area contributed by atoms with E-state index in [9.17, 15) is 44.1 Å². The molecule has 49 heavy (non-hydrogen) atoms. The molecule has 1 amide bonds. The number of phosphoric ester groups is 2. The summed E-state index contributed by atoms with van der Waals surface area (Å²) < 4.78 is 53.0. The Bertz CT molecular complexity index is 1760. The molecule has 2 aliphatic rings. The number of carbonyl (C=O) groups is 1. The predicted octanol–water partition coefficient (Wildman–Crippen LogP) is -1.12. The first kappa shape index (κ1) is 37.6. The van der Waals surface area contributed by atoms with Gasteiger partial charge in [-0.1, -0.05) is 25.1 Å². The summed E-state index contributed by atoms with van der Waals surface area (Å²) in [6, 6.07) is 2.84. The highest BCUT2D eigenvalue weighted by molar-refractivity contribution is 7.99. The molecule has 0 spiro atoms. The van der Waals surface area contributed by atoms with Gasteiger partial charge in [-0.3, -0.25) is 18.4 Å². The van der Waals surface area contributed by atoms with Gasteiger partial charge in [0.05, 0.1) is 13.2 Å². The second kappa shape index (κ2) is 15.3. The number of pyridine rings is 1. The van der Waals surface area contributed by atoms with Crippen molar-refractivity contribution < 1.29 is 71.5 Å². The average molecular weight is 753 g/mol. The first-order chi connectivity index (χ1) is 23.1. The monoisotopic (exact) mass is 752 g/mol. The zero-order valence-corrected chi connectivity index (χ0v) is 28.3. The number of thioether (sulfide) groups is 1. The summed E-state index contributed by atoms with van der Waals surface area (Å²) in [6.45, 7) is 0.208. The maximum absolute atomic E-state index is 12.6. The zero-order chi connectivity index (χ0) is 35.7. The molecule has 10 atom stereocenters. The minimum absolute atomic E-state index is 0.0705. The predicted molar refractivity (Wildman–Crippen MR) is 165 cm³/mol. The molecule has 21 nitrogen and oxygen atoms in total. The lowest BCUT2D eigenvalue weighted by Crippen LogP contribution is -2.46. The minimum atomic E-state index is -5.40. The Morgan fingerprint density at radius 3 is 2.35 bits per heavy atom. The minimum Gasteiger partial charge on any atom is -0.387 e. The van der Waals surface area contributed by atoms with Crippen LogP contribution in [-0.2, 0) is 32.0 Å². The van der Waals surface area contributed by atoms with Gasteiger partial charge in [-0.25, -0.2) is 24.1 Å². The van der Waals surface area contributed by atoms with E-state index in [4.69, 9.17) is 30.0 Å². The maximum Gasteiger partial charge on any atom is 0.481 e. The number of hydrogen-bond acceptors (Lipinski definition) is 17. The van der Waals surface area contributed by atoms with Crippen LogP contribution in [0.2, 0.25) is 0 Å². The standard InChI is InChI=1S/C25H35N7O14P2S/c1-2-3-7-49-25-30-15-20(26)28-11-29-22(15)32(25)24-19(36)17(34)14(45-24)10-43-48(40,41)46-47(38,39)42-9-13-16(33)18(35)23(44-13)31-6-4-5-12(8-31)21(27)37/h4-6,8,11,13-14,16-19,23-24,33-36H,2-3,7,9-10H2,1H3,(H5-,26,27,28,29,37,38,39,40,41)/p+1. The summed E-state index contributed by atoms with van der Waals surface area (Å²) in [7, 11) is -10.8. The normalized spacial score (nSPS) is 29.6. The fraction of sp³-hybridized carbons (Fsp3) is 0.560. The van der Waals surface area contributed by atoms with Crippen molar-refractivity contribution in [3.05, 3.63) is 36.4 Å². The fourth-order valence-electron chi connectivity index (χ4n) is 5.05. The number of rotatable bonds is 15. The number of nitrogens with zero attached hydrogens (tertiary/aromatic N) is 5. The van der Waals surface area contributed by atoms with Crippen molar-refractivity contribution in [3.8, 4) is 0 Å². The van der Waals surface area contributed by atoms with Gasteiger partial charge in [0, 0.05) is 11.8 Å². The van der Waals surface area contributed by atoms with E-state index in [0.717, 1.165) is 12.8 Å². The van der Waals surface area contributed by atoms with Crippen molar-refractivity contribution in [2.45, 2.75) is 74.0 Å². The number of amides is 1. The Hall–Kier alpha value is -2.66. The largest absolute Gasteiger partial charge is 0.481 e. The van der Waals surface area contributed by atoms with Gasteiger partial charge in [-0.15, -0.1) is 0 Å². The highest BCUT2D eigenvalue weighted by Gasteiger charge is 2.50. The lowest BCUT2D eigenvalue weighted by molar-refractivity contribution is -0.765. The molecule has 270 valence electrons. The van der Waals surface area contributed by atoms with Crippen LogP contribution < -0.4 is 16.0 Å². The average Bonchev–Trinajstić information content (AvgIpc) is 3.65. The van der Waals surface area contributed by atoms with Gasteiger partial charge in [0.2, 0.25) is 0 Å². The number of nitrogens with two attached hydrogens (primary N) is 2. The quantitative estimate of drug-likeness (QED) is 0.0394. The lowest BCUT2D eigenvalue weighted by atomic mass is 10.1. The van der Waals surface area contributed by atoms with Crippen molar-refractivity contribution in [2.24, 2.45) is 5.73 Å². The van der Waals surface area contributed by atoms with Crippen molar-refractivity contribution >= 4 is 50.3 Å². The summed E-state index contributed by atoms with van der Waals surface area (Å²) >= 11 is 1.33. The van der Waals surface area contributed by atoms with Gasteiger partial charge in [0.25, 0.3) is 12.1 Å². The number of aliphatic hydroxyl groups excluding tert-OH is 4. The third-order valence-corrected chi connectivity index (χ3v) is 11.2. The molecular formula is C25H36N7O14P2S+. The second-order valence-electron chi connectivity index (χ2n) is 11.0. The highest BCUT2D eigenvalue weighted by Crippen LogP contribution is 2.60. The highest BCUT2D eigenvalue weighted by atomic mass is 32.2. The molecule has 0 radical (unpaired) electrons. The number of primary amides is 1. The number of phosphoric acid groups is 2. The summed E-state index contributed by atoms with van der Waals surface area (Å²) in [4.78, 5) is 44.4. The molecule has 2 saturated heterocycles. The van der Waals surface area contributed by atoms with E-state index in [0.29, 0.717) is 10.9 Å². The number of nitrogen functional groups attached to an aromatic ring is 1. The third-order valence-electron chi connectivity index (χ3n) is 7.54. The molecule has 3 aromatic rings. The van der Waals surface area contributed by atoms with Gasteiger partial charge in [-0.05, 0) is 12.5 Å². The van der Waals surface area contributed by atoms with E-state index < -0.39 is 83.8 Å². The van der Waals surface area contributed by atoms with E-state index in [-0.39, 0.29) is 22.5 Å². The van der Waals surface area contributed by atoms with Gasteiger partial charge >= 0.3 is 15.6 Å². The van der Waals surface area contributed by atoms with Gasteiger partial charge in [-0.2, -0.15) is 8.88 Å². The van der Waals surface area contributed by atoms with Crippen LogP contribution >= 0.6 is 27.4 Å². The summed E-state index contributed by atoms with van der Waals surface area (Å²) in [6.07, 6.45) is -6.36. The molecule has 0 bridgehead atoms. The molecule has 2 aliphatic heterocycles. The number of aromatic nitrogens is 5. The number of fused-ring (bicyclic) bond motifs is 1. The van der Waals surface area contributed by atoms with E-state index in [1.54, 1.807) is 0 Å². The Morgan fingerprint density at radius 1 is 1.04 bits per heavy atom. The summed E-state index contributed by atoms with van der Waals surface area (Å²) in [5.41, 5.74) is 11.7. The number of hydrogen-bond donors (Lipinski definition) is 8. The molecule has 24 heteroatoms. The van der Waals surface area contributed by atoms with Crippen molar-refractivity contribution in [2.75, 3.05) is 24.7 Å². The van der Waals surface area contributed by atoms with Crippen molar-refractivity contribution in [1.29, 1.82) is 0 Å². The number of carbonyl (C=O) groups excluding carboxylic acids is 1. The van der Waals surface area contributed by atoms with E-state index in [1.165, 1.54) is 51.7 Å². The molecule has 3 aromatic heterocycles. The molecule has 0 aliphatic carbocycles. The molecule has 10 unspecified atom stereocenters. The first-order valence-corrected chi connectivity index (χ1v) is 18.7. The van der Waals surface area contributed by atoms with Gasteiger partial charge < -0.3 is 51.2 Å². The Morgan fingerprint density at radius 2 is 1.69 bits per heavy atom. The smallest absolute Gasteiger partial charge is 0.387 e. The van der Waals surface area contributed by atoms with Crippen LogP contribution in [0, 0.1) is 0 Å². The van der Waals surface area contributed by atoms with Crippen LogP contribution in [0.3, 0.4) is 0 Å². The molecule has 5 rings (SSSR count). The molecule has 0 saturated carbocycles. The van der Waals surface area contributed by atoms with Crippen molar-refractivity contribution in [3.63, 3.8) is 0 Å². The van der Waals surface area contributed by atoms with Gasteiger partial charge in [0.1, 0.15) is 42.4 Å². The fourth-order valence-corrected chi connectivity index (χ4v) is 8.24. The number of aliphatic hydroxyl groups is 4. The summed E-state index contributed by atoms with van der Waals surface area (Å²) in [5, 5.41) is 42.8. The Labute approximate surface area is 282 Å². The third kappa shape index (κ3) is 8.46. The van der Waals surface area contributed by atoms with Crippen LogP contribution in [0.1, 0.15) is 42.6 Å². The molecule has 2 fully saturated rings. The van der Waals surface area contributed by atoms with E-state index >= 15 is 0 Å². The molecule has 0 aromatic carbocycles. The number of anilines is 1. The summed E-state index contributed by atoms with van der Waals surface area (Å²) in [5.74, 6) is -0.0439. The van der Waals surface area contributed by atoms with Crippen LogP contribution in [0.15, 0.2) is 36.0 Å². The molecule has 5 heterocycles. The van der Waals surface area contributed by atoms with Crippen LogP contribution in [0.25, 0.3) is 11.2 Å². The van der Waals surface area contributed by atoms with Crippen LogP contribution in [-0.4, -0.2) is 111 Å². The molecule has 10 N–H and O–H groups in total. The maximum atomic E-state index is 12.6. The Balaban J connectivity index is 1.19. The zero-order valence-electron chi connectivity index (χ0n) is 25.7. The van der Waals surface area contributed by atoms with E-state index in [2.05, 4.69) is 19.3 Å². The topological polar surface area (TPSA) is 318 Å². The van der Waals surface area contributed by atoms with Crippen LogP contribution in [0.5, 0.6) is 0 Å². The number of unbranched alkanes of at least 4 members (excludes halogenated alkanes) is 1. The van der Waals surface area contributed by atoms with E-state index in [1.807, 2.05) is 6.92 Å². The lowest BCUT2D eigenvalue weighted by Gasteiger charge is -2.20. The molecular weight excluding hydrogens is 716 g/mol. The van der Waals surface area contributed by atoms with Crippen LogP contribution in [0.4, 0.5) is 5.82 Å². The Kier molecular flexibility index (Phi) is 11.7. The van der Waals surface area contributed by atoms with Gasteiger partial charge in [0.15, 0.2) is 46.9 Å². The number of ether oxygens (including phenoxy) is 2. The SMILES string of the molecule is CCCCSc1nc2c(N)ncnc2n1C1OC(COP(=O)(O)OP(=O)(O)OCC2OC([n+]3cccc(C(N)=O)c3)C(O)C2O)C(O)C1O. The van der Waals surface area contributed by atoms with Crippen molar-refractivity contribution in [1.82, 2.24) is 19.5 Å². The second-order valence-corrected chi connectivity index (χ2v) is 15.1. The number of imidazole rings is 1. The first-order valence-electron chi connectivity index (χ1n) is 14.7.